The van der Waals surface area contributed by atoms with Crippen LogP contribution in [0.25, 0.3) is 6.08 Å². The maximum Gasteiger partial charge on any atom is 0.261 e. The lowest BCUT2D eigenvalue weighted by Crippen LogP contribution is -2.25. The second-order valence-corrected chi connectivity index (χ2v) is 6.19. The molecule has 0 spiro atoms. The van der Waals surface area contributed by atoms with Crippen LogP contribution in [0, 0.1) is 11.3 Å². The van der Waals surface area contributed by atoms with E-state index in [0.717, 1.165) is 18.4 Å². The summed E-state index contributed by atoms with van der Waals surface area (Å²) in [5, 5.41) is 12.1. The minimum atomic E-state index is -0.363. The SMILES string of the molecule is CCCCNC(=O)/C(C#N)=C/c1ccc(OCc2ccccc2)c(OCC)c1. The van der Waals surface area contributed by atoms with Crippen LogP contribution >= 0.6 is 0 Å². The molecule has 2 aromatic rings. The Labute approximate surface area is 166 Å². The second kappa shape index (κ2) is 11.5. The highest BCUT2D eigenvalue weighted by molar-refractivity contribution is 6.01. The van der Waals surface area contributed by atoms with E-state index in [-0.39, 0.29) is 11.5 Å². The van der Waals surface area contributed by atoms with E-state index < -0.39 is 0 Å². The minimum Gasteiger partial charge on any atom is -0.490 e. The van der Waals surface area contributed by atoms with E-state index in [1.165, 1.54) is 0 Å². The van der Waals surface area contributed by atoms with Crippen LogP contribution in [-0.4, -0.2) is 19.1 Å². The molecule has 0 aliphatic rings. The van der Waals surface area contributed by atoms with Crippen molar-refractivity contribution in [1.29, 1.82) is 5.26 Å². The van der Waals surface area contributed by atoms with E-state index in [4.69, 9.17) is 9.47 Å². The molecule has 2 aromatic carbocycles. The Balaban J connectivity index is 2.15. The number of hydrogen-bond acceptors (Lipinski definition) is 4. The molecule has 28 heavy (non-hydrogen) atoms. The number of nitrogens with one attached hydrogen (secondary N) is 1. The maximum absolute atomic E-state index is 12.1. The molecular weight excluding hydrogens is 352 g/mol. The van der Waals surface area contributed by atoms with Crippen LogP contribution in [0.3, 0.4) is 0 Å². The molecule has 1 amide bonds. The van der Waals surface area contributed by atoms with Crippen LogP contribution in [0.15, 0.2) is 54.1 Å². The minimum absolute atomic E-state index is 0.0662. The smallest absolute Gasteiger partial charge is 0.261 e. The van der Waals surface area contributed by atoms with Crippen LogP contribution in [0.2, 0.25) is 0 Å². The number of rotatable bonds is 10. The van der Waals surface area contributed by atoms with Crippen LogP contribution in [-0.2, 0) is 11.4 Å². The summed E-state index contributed by atoms with van der Waals surface area (Å²) in [5.41, 5.74) is 1.83. The van der Waals surface area contributed by atoms with Gasteiger partial charge < -0.3 is 14.8 Å². The summed E-state index contributed by atoms with van der Waals surface area (Å²) >= 11 is 0. The largest absolute Gasteiger partial charge is 0.490 e. The Morgan fingerprint density at radius 1 is 1.11 bits per heavy atom. The van der Waals surface area contributed by atoms with E-state index in [2.05, 4.69) is 5.32 Å². The Morgan fingerprint density at radius 2 is 1.89 bits per heavy atom. The first-order valence-corrected chi connectivity index (χ1v) is 9.51. The number of unbranched alkanes of at least 4 members (excludes halogenated alkanes) is 1. The first-order valence-electron chi connectivity index (χ1n) is 9.51. The molecule has 0 saturated heterocycles. The normalized spacial score (nSPS) is 10.8. The van der Waals surface area contributed by atoms with E-state index in [1.807, 2.05) is 50.2 Å². The average Bonchev–Trinajstić information content (AvgIpc) is 2.72. The molecule has 0 aliphatic carbocycles. The standard InChI is InChI=1S/C23H26N2O3/c1-3-5-13-25-23(26)20(16-24)14-19-11-12-21(22(15-19)27-4-2)28-17-18-9-7-6-8-10-18/h6-12,14-15H,3-5,13,17H2,1-2H3,(H,25,26)/b20-14+. The molecule has 0 aliphatic heterocycles. The summed E-state index contributed by atoms with van der Waals surface area (Å²) in [6.45, 7) is 5.41. The molecule has 5 heteroatoms. The molecule has 0 unspecified atom stereocenters. The highest BCUT2D eigenvalue weighted by Crippen LogP contribution is 2.30. The predicted molar refractivity (Wildman–Crippen MR) is 110 cm³/mol. The van der Waals surface area contributed by atoms with Gasteiger partial charge in [0.1, 0.15) is 18.2 Å². The van der Waals surface area contributed by atoms with Gasteiger partial charge in [0.25, 0.3) is 5.91 Å². The van der Waals surface area contributed by atoms with Gasteiger partial charge in [-0.2, -0.15) is 5.26 Å². The molecule has 0 heterocycles. The fourth-order valence-corrected chi connectivity index (χ4v) is 2.53. The van der Waals surface area contributed by atoms with Gasteiger partial charge in [-0.3, -0.25) is 4.79 Å². The number of nitriles is 1. The Bertz CT molecular complexity index is 839. The van der Waals surface area contributed by atoms with Crippen LogP contribution in [0.1, 0.15) is 37.8 Å². The first-order chi connectivity index (χ1) is 13.7. The van der Waals surface area contributed by atoms with E-state index in [0.29, 0.717) is 36.8 Å². The fraction of sp³-hybridized carbons (Fsp3) is 0.304. The van der Waals surface area contributed by atoms with Crippen molar-refractivity contribution < 1.29 is 14.3 Å². The topological polar surface area (TPSA) is 71.4 Å². The highest BCUT2D eigenvalue weighted by atomic mass is 16.5. The molecule has 0 fully saturated rings. The summed E-state index contributed by atoms with van der Waals surface area (Å²) in [5.74, 6) is 0.836. The summed E-state index contributed by atoms with van der Waals surface area (Å²) in [6, 6.07) is 17.2. The monoisotopic (exact) mass is 378 g/mol. The van der Waals surface area contributed by atoms with Crippen molar-refractivity contribution in [2.75, 3.05) is 13.2 Å². The van der Waals surface area contributed by atoms with Gasteiger partial charge in [0.05, 0.1) is 6.61 Å². The third kappa shape index (κ3) is 6.48. The zero-order valence-corrected chi connectivity index (χ0v) is 16.4. The predicted octanol–water partition coefficient (Wildman–Crippen LogP) is 4.49. The number of carbonyl (C=O) groups is 1. The van der Waals surface area contributed by atoms with Gasteiger partial charge in [0, 0.05) is 6.54 Å². The van der Waals surface area contributed by atoms with Gasteiger partial charge in [-0.05, 0) is 42.7 Å². The lowest BCUT2D eigenvalue weighted by molar-refractivity contribution is -0.117. The van der Waals surface area contributed by atoms with Gasteiger partial charge >= 0.3 is 0 Å². The van der Waals surface area contributed by atoms with Crippen molar-refractivity contribution in [2.24, 2.45) is 0 Å². The molecule has 0 saturated carbocycles. The summed E-state index contributed by atoms with van der Waals surface area (Å²) in [6.07, 6.45) is 3.42. The number of amides is 1. The zero-order valence-electron chi connectivity index (χ0n) is 16.4. The van der Waals surface area contributed by atoms with E-state index >= 15 is 0 Å². The van der Waals surface area contributed by atoms with Crippen molar-refractivity contribution in [1.82, 2.24) is 5.32 Å². The Morgan fingerprint density at radius 3 is 2.57 bits per heavy atom. The Hall–Kier alpha value is -3.26. The van der Waals surface area contributed by atoms with Crippen LogP contribution in [0.4, 0.5) is 0 Å². The number of hydrogen-bond donors (Lipinski definition) is 1. The molecule has 5 nitrogen and oxygen atoms in total. The molecular formula is C23H26N2O3. The molecule has 0 atom stereocenters. The van der Waals surface area contributed by atoms with Crippen molar-refractivity contribution in [2.45, 2.75) is 33.3 Å². The molecule has 0 radical (unpaired) electrons. The molecule has 0 bridgehead atoms. The van der Waals surface area contributed by atoms with Gasteiger partial charge in [-0.15, -0.1) is 0 Å². The number of nitrogens with zero attached hydrogens (tertiary/aromatic N) is 1. The third-order valence-corrected chi connectivity index (χ3v) is 4.00. The van der Waals surface area contributed by atoms with Gasteiger partial charge in [0.2, 0.25) is 0 Å². The third-order valence-electron chi connectivity index (χ3n) is 4.00. The number of ether oxygens (including phenoxy) is 2. The van der Waals surface area contributed by atoms with Crippen molar-refractivity contribution in [3.05, 3.63) is 65.2 Å². The summed E-state index contributed by atoms with van der Waals surface area (Å²) < 4.78 is 11.6. The van der Waals surface area contributed by atoms with Crippen molar-refractivity contribution >= 4 is 12.0 Å². The average molecular weight is 378 g/mol. The fourth-order valence-electron chi connectivity index (χ4n) is 2.53. The number of carbonyl (C=O) groups excluding carboxylic acids is 1. The lowest BCUT2D eigenvalue weighted by Gasteiger charge is -2.13. The van der Waals surface area contributed by atoms with Crippen LogP contribution < -0.4 is 14.8 Å². The molecule has 2 rings (SSSR count). The van der Waals surface area contributed by atoms with Gasteiger partial charge in [-0.1, -0.05) is 49.7 Å². The molecule has 1 N–H and O–H groups in total. The van der Waals surface area contributed by atoms with Gasteiger partial charge in [0.15, 0.2) is 11.5 Å². The van der Waals surface area contributed by atoms with E-state index in [1.54, 1.807) is 24.3 Å². The summed E-state index contributed by atoms with van der Waals surface area (Å²) in [7, 11) is 0. The van der Waals surface area contributed by atoms with Gasteiger partial charge in [-0.25, -0.2) is 0 Å². The highest BCUT2D eigenvalue weighted by Gasteiger charge is 2.11. The lowest BCUT2D eigenvalue weighted by atomic mass is 10.1. The summed E-state index contributed by atoms with van der Waals surface area (Å²) in [4.78, 5) is 12.1. The maximum atomic E-state index is 12.1. The van der Waals surface area contributed by atoms with Crippen molar-refractivity contribution in [3.8, 4) is 17.6 Å². The van der Waals surface area contributed by atoms with E-state index in [9.17, 15) is 10.1 Å². The Kier molecular flexibility index (Phi) is 8.61. The molecule has 146 valence electrons. The first kappa shape index (κ1) is 21.0. The quantitative estimate of drug-likeness (QED) is 0.376. The zero-order chi connectivity index (χ0) is 20.2. The molecule has 0 aromatic heterocycles. The number of benzene rings is 2. The van der Waals surface area contributed by atoms with Crippen LogP contribution in [0.5, 0.6) is 11.5 Å². The van der Waals surface area contributed by atoms with Crippen molar-refractivity contribution in [3.63, 3.8) is 0 Å². The second-order valence-electron chi connectivity index (χ2n) is 6.19.